The molecule has 0 saturated heterocycles. The Labute approximate surface area is 97.4 Å². The van der Waals surface area contributed by atoms with Gasteiger partial charge in [-0.3, -0.25) is 4.55 Å². The Morgan fingerprint density at radius 3 is 2.12 bits per heavy atom. The van der Waals surface area contributed by atoms with Gasteiger partial charge in [0, 0.05) is 0 Å². The van der Waals surface area contributed by atoms with E-state index in [1.165, 1.54) is 0 Å². The van der Waals surface area contributed by atoms with Crippen LogP contribution < -0.4 is 0 Å². The van der Waals surface area contributed by atoms with Gasteiger partial charge in [0.25, 0.3) is 10.1 Å². The number of halogens is 3. The third-order valence-electron chi connectivity index (χ3n) is 4.09. The van der Waals surface area contributed by atoms with E-state index in [1.807, 2.05) is 6.08 Å². The van der Waals surface area contributed by atoms with Crippen molar-refractivity contribution in [2.75, 3.05) is 0 Å². The molecule has 0 aliphatic heterocycles. The van der Waals surface area contributed by atoms with Crippen molar-refractivity contribution in [2.24, 2.45) is 17.8 Å². The van der Waals surface area contributed by atoms with Gasteiger partial charge in [0.1, 0.15) is 0 Å². The molecule has 2 aliphatic carbocycles. The molecule has 98 valence electrons. The number of hydrogen-bond acceptors (Lipinski definition) is 2. The highest BCUT2D eigenvalue weighted by molar-refractivity contribution is 7.87. The van der Waals surface area contributed by atoms with Crippen molar-refractivity contribution in [3.05, 3.63) is 12.2 Å². The standard InChI is InChI=1S/C10H13F3O3S/c1-9(10(11,12)13,17(14,15)16)8-5-6-2-3-7(8)4-6/h2-3,6-8H,4-5H2,1H3,(H,14,15,16). The fraction of sp³-hybridized carbons (Fsp3) is 0.800. The van der Waals surface area contributed by atoms with Crippen LogP contribution in [0.2, 0.25) is 0 Å². The molecule has 2 aliphatic rings. The van der Waals surface area contributed by atoms with E-state index in [0.29, 0.717) is 13.3 Å². The molecule has 2 bridgehead atoms. The van der Waals surface area contributed by atoms with Gasteiger partial charge < -0.3 is 0 Å². The van der Waals surface area contributed by atoms with Crippen LogP contribution in [0.4, 0.5) is 13.2 Å². The molecule has 1 N–H and O–H groups in total. The van der Waals surface area contributed by atoms with Gasteiger partial charge in [-0.05, 0) is 37.5 Å². The van der Waals surface area contributed by atoms with E-state index in [0.717, 1.165) is 0 Å². The Morgan fingerprint density at radius 1 is 1.24 bits per heavy atom. The predicted molar refractivity (Wildman–Crippen MR) is 54.9 cm³/mol. The first kappa shape index (κ1) is 12.9. The van der Waals surface area contributed by atoms with Crippen molar-refractivity contribution >= 4 is 10.1 Å². The maximum absolute atomic E-state index is 13.0. The van der Waals surface area contributed by atoms with Crippen LogP contribution in [-0.4, -0.2) is 23.9 Å². The summed E-state index contributed by atoms with van der Waals surface area (Å²) in [6.07, 6.45) is -0.803. The molecule has 2 rings (SSSR count). The zero-order chi connectivity index (χ0) is 13.1. The molecule has 1 saturated carbocycles. The van der Waals surface area contributed by atoms with Gasteiger partial charge in [-0.2, -0.15) is 21.6 Å². The molecule has 17 heavy (non-hydrogen) atoms. The van der Waals surface area contributed by atoms with Gasteiger partial charge in [-0.15, -0.1) is 0 Å². The highest BCUT2D eigenvalue weighted by Crippen LogP contribution is 2.55. The summed E-state index contributed by atoms with van der Waals surface area (Å²) in [5.41, 5.74) is 0. The zero-order valence-corrected chi connectivity index (χ0v) is 9.92. The SMILES string of the molecule is CC(C1CC2C=CC1C2)(C(F)(F)F)S(=O)(=O)O. The lowest BCUT2D eigenvalue weighted by Crippen LogP contribution is -2.55. The van der Waals surface area contributed by atoms with Crippen LogP contribution in [0.3, 0.4) is 0 Å². The third kappa shape index (κ3) is 1.71. The van der Waals surface area contributed by atoms with Crippen LogP contribution in [0, 0.1) is 17.8 Å². The molecule has 4 atom stereocenters. The second kappa shape index (κ2) is 3.47. The van der Waals surface area contributed by atoms with Crippen LogP contribution >= 0.6 is 0 Å². The van der Waals surface area contributed by atoms with Crippen molar-refractivity contribution in [1.29, 1.82) is 0 Å². The van der Waals surface area contributed by atoms with Gasteiger partial charge in [-0.1, -0.05) is 12.2 Å². The molecule has 0 heterocycles. The van der Waals surface area contributed by atoms with Crippen molar-refractivity contribution in [3.8, 4) is 0 Å². The van der Waals surface area contributed by atoms with E-state index in [9.17, 15) is 21.6 Å². The van der Waals surface area contributed by atoms with E-state index in [4.69, 9.17) is 4.55 Å². The average Bonchev–Trinajstić information content (AvgIpc) is 2.73. The molecule has 0 spiro atoms. The minimum atomic E-state index is -5.19. The molecule has 4 unspecified atom stereocenters. The first-order valence-corrected chi connectivity index (χ1v) is 6.73. The molecular formula is C10H13F3O3S. The third-order valence-corrected chi connectivity index (χ3v) is 5.69. The molecule has 3 nitrogen and oxygen atoms in total. The van der Waals surface area contributed by atoms with E-state index in [2.05, 4.69) is 0 Å². The van der Waals surface area contributed by atoms with Crippen molar-refractivity contribution < 1.29 is 26.1 Å². The Bertz CT molecular complexity index is 454. The highest BCUT2D eigenvalue weighted by Gasteiger charge is 2.67. The maximum atomic E-state index is 13.0. The Balaban J connectivity index is 2.47. The summed E-state index contributed by atoms with van der Waals surface area (Å²) < 4.78 is 67.3. The molecule has 7 heteroatoms. The van der Waals surface area contributed by atoms with Crippen molar-refractivity contribution in [3.63, 3.8) is 0 Å². The first-order valence-electron chi connectivity index (χ1n) is 5.29. The van der Waals surface area contributed by atoms with Gasteiger partial charge in [0.05, 0.1) is 0 Å². The lowest BCUT2D eigenvalue weighted by atomic mass is 9.82. The van der Waals surface area contributed by atoms with Crippen molar-refractivity contribution in [1.82, 2.24) is 0 Å². The topological polar surface area (TPSA) is 54.4 Å². The number of allylic oxidation sites excluding steroid dienone is 2. The molecule has 0 radical (unpaired) electrons. The average molecular weight is 270 g/mol. The quantitative estimate of drug-likeness (QED) is 0.619. The van der Waals surface area contributed by atoms with E-state index >= 15 is 0 Å². The number of rotatable bonds is 2. The normalized spacial score (nSPS) is 36.2. The lowest BCUT2D eigenvalue weighted by molar-refractivity contribution is -0.173. The molecule has 1 fully saturated rings. The number of alkyl halides is 3. The minimum absolute atomic E-state index is 0.00780. The van der Waals surface area contributed by atoms with Crippen LogP contribution in [0.15, 0.2) is 12.2 Å². The van der Waals surface area contributed by atoms with Crippen LogP contribution in [0.5, 0.6) is 0 Å². The molecular weight excluding hydrogens is 257 g/mol. The Morgan fingerprint density at radius 2 is 1.82 bits per heavy atom. The monoisotopic (exact) mass is 270 g/mol. The van der Waals surface area contributed by atoms with Gasteiger partial charge in [-0.25, -0.2) is 0 Å². The summed E-state index contributed by atoms with van der Waals surface area (Å²) in [5.74, 6) is -1.49. The fourth-order valence-corrected chi connectivity index (χ4v) is 3.91. The van der Waals surface area contributed by atoms with Gasteiger partial charge in [0.15, 0.2) is 4.75 Å². The van der Waals surface area contributed by atoms with Crippen LogP contribution in [-0.2, 0) is 10.1 Å². The summed E-state index contributed by atoms with van der Waals surface area (Å²) in [6.45, 7) is 0.585. The second-order valence-corrected chi connectivity index (χ2v) is 6.76. The highest BCUT2D eigenvalue weighted by atomic mass is 32.2. The van der Waals surface area contributed by atoms with Crippen LogP contribution in [0.25, 0.3) is 0 Å². The molecule has 0 aromatic heterocycles. The Kier molecular flexibility index (Phi) is 2.63. The predicted octanol–water partition coefficient (Wildman–Crippen LogP) is 2.41. The lowest BCUT2D eigenvalue weighted by Gasteiger charge is -2.37. The second-order valence-electron chi connectivity index (χ2n) is 4.97. The summed E-state index contributed by atoms with van der Waals surface area (Å²) in [7, 11) is -5.19. The fourth-order valence-electron chi connectivity index (χ4n) is 2.96. The maximum Gasteiger partial charge on any atom is 0.410 e. The molecule has 0 aromatic carbocycles. The van der Waals surface area contributed by atoms with E-state index < -0.39 is 32.9 Å². The van der Waals surface area contributed by atoms with E-state index in [-0.39, 0.29) is 12.3 Å². The minimum Gasteiger partial charge on any atom is -0.285 e. The number of fused-ring (bicyclic) bond motifs is 2. The van der Waals surface area contributed by atoms with Crippen molar-refractivity contribution in [2.45, 2.75) is 30.7 Å². The van der Waals surface area contributed by atoms with Gasteiger partial charge >= 0.3 is 6.18 Å². The largest absolute Gasteiger partial charge is 0.410 e. The van der Waals surface area contributed by atoms with Crippen LogP contribution in [0.1, 0.15) is 19.8 Å². The summed E-state index contributed by atoms with van der Waals surface area (Å²) in [5, 5.41) is 0. The van der Waals surface area contributed by atoms with E-state index in [1.54, 1.807) is 6.08 Å². The molecule has 0 aromatic rings. The number of hydrogen-bond donors (Lipinski definition) is 1. The van der Waals surface area contributed by atoms with Gasteiger partial charge in [0.2, 0.25) is 0 Å². The smallest absolute Gasteiger partial charge is 0.285 e. The molecule has 0 amide bonds. The summed E-state index contributed by atoms with van der Waals surface area (Å²) >= 11 is 0. The Hall–Kier alpha value is -0.560. The summed E-state index contributed by atoms with van der Waals surface area (Å²) in [6, 6.07) is 0. The summed E-state index contributed by atoms with van der Waals surface area (Å²) in [4.78, 5) is 0. The zero-order valence-electron chi connectivity index (χ0n) is 9.11. The first-order chi connectivity index (χ1) is 7.57.